The molecule has 0 saturated carbocycles. The van der Waals surface area contributed by atoms with E-state index >= 15 is 0 Å². The summed E-state index contributed by atoms with van der Waals surface area (Å²) in [6.07, 6.45) is 1.88. The largest absolute Gasteiger partial charge is 0.497 e. The Hall–Kier alpha value is -1.15. The number of rotatable bonds is 6. The van der Waals surface area contributed by atoms with Crippen LogP contribution in [0.2, 0.25) is 0 Å². The number of benzene rings is 1. The van der Waals surface area contributed by atoms with Gasteiger partial charge in [0.2, 0.25) is 0 Å². The van der Waals surface area contributed by atoms with Gasteiger partial charge in [0.05, 0.1) is 7.11 Å². The molecule has 1 rings (SSSR count). The lowest BCUT2D eigenvalue weighted by atomic mass is 9.93. The number of hydrogen-bond donors (Lipinski definition) is 1. The first-order chi connectivity index (χ1) is 7.63. The molecule has 0 radical (unpaired) electrons. The number of alkyl halides is 1. The van der Waals surface area contributed by atoms with E-state index < -0.39 is 0 Å². The van der Waals surface area contributed by atoms with Crippen LogP contribution in [0.1, 0.15) is 6.92 Å². The molecule has 0 aliphatic rings. The molecule has 1 atom stereocenters. The molecule has 0 spiro atoms. The van der Waals surface area contributed by atoms with Gasteiger partial charge in [0.25, 0.3) is 0 Å². The first-order valence-corrected chi connectivity index (χ1v) is 5.74. The van der Waals surface area contributed by atoms with E-state index in [1.54, 1.807) is 7.11 Å². The van der Waals surface area contributed by atoms with E-state index in [1.807, 2.05) is 30.3 Å². The van der Waals surface area contributed by atoms with Crippen LogP contribution < -0.4 is 10.1 Å². The predicted molar refractivity (Wildman–Crippen MR) is 70.5 cm³/mol. The van der Waals surface area contributed by atoms with Crippen molar-refractivity contribution in [3.05, 3.63) is 36.9 Å². The molecule has 0 aliphatic heterocycles. The zero-order chi connectivity index (χ0) is 12.0. The van der Waals surface area contributed by atoms with Gasteiger partial charge in [-0.3, -0.25) is 0 Å². The molecule has 0 fully saturated rings. The molecule has 0 aliphatic carbocycles. The van der Waals surface area contributed by atoms with Gasteiger partial charge in [-0.25, -0.2) is 0 Å². The maximum absolute atomic E-state index is 5.90. The first-order valence-electron chi connectivity index (χ1n) is 5.21. The molecule has 0 saturated heterocycles. The maximum atomic E-state index is 5.90. The van der Waals surface area contributed by atoms with Crippen LogP contribution in [0.4, 0.5) is 5.69 Å². The van der Waals surface area contributed by atoms with Gasteiger partial charge in [-0.2, -0.15) is 0 Å². The van der Waals surface area contributed by atoms with Crippen molar-refractivity contribution in [2.75, 3.05) is 24.9 Å². The van der Waals surface area contributed by atoms with Gasteiger partial charge in [0, 0.05) is 29.6 Å². The van der Waals surface area contributed by atoms with Crippen molar-refractivity contribution in [1.82, 2.24) is 0 Å². The molecule has 1 unspecified atom stereocenters. The highest BCUT2D eigenvalue weighted by Crippen LogP contribution is 2.22. The Kier molecular flexibility index (Phi) is 4.69. The second kappa shape index (κ2) is 5.80. The lowest BCUT2D eigenvalue weighted by Gasteiger charge is -2.23. The minimum Gasteiger partial charge on any atom is -0.497 e. The third-order valence-electron chi connectivity index (χ3n) is 2.56. The molecule has 2 nitrogen and oxygen atoms in total. The minimum absolute atomic E-state index is 0.0926. The van der Waals surface area contributed by atoms with E-state index in [4.69, 9.17) is 16.3 Å². The van der Waals surface area contributed by atoms with E-state index in [0.29, 0.717) is 5.88 Å². The number of halogens is 1. The summed E-state index contributed by atoms with van der Waals surface area (Å²) in [4.78, 5) is 0. The molecule has 0 heterocycles. The molecule has 0 aromatic heterocycles. The summed E-state index contributed by atoms with van der Waals surface area (Å²) >= 11 is 5.90. The average molecular weight is 240 g/mol. The van der Waals surface area contributed by atoms with Crippen LogP contribution in [0.5, 0.6) is 5.75 Å². The SMILES string of the molecule is C=CC(C)(CCl)CNc1cccc(OC)c1. The fraction of sp³-hybridized carbons (Fsp3) is 0.385. The highest BCUT2D eigenvalue weighted by molar-refractivity contribution is 6.18. The third-order valence-corrected chi connectivity index (χ3v) is 3.17. The van der Waals surface area contributed by atoms with Gasteiger partial charge < -0.3 is 10.1 Å². The molecule has 1 N–H and O–H groups in total. The molecule has 16 heavy (non-hydrogen) atoms. The van der Waals surface area contributed by atoms with Crippen LogP contribution in [-0.4, -0.2) is 19.5 Å². The van der Waals surface area contributed by atoms with E-state index in [2.05, 4.69) is 18.8 Å². The van der Waals surface area contributed by atoms with Crippen molar-refractivity contribution >= 4 is 17.3 Å². The quantitative estimate of drug-likeness (QED) is 0.606. The van der Waals surface area contributed by atoms with Crippen LogP contribution in [0, 0.1) is 5.41 Å². The Morgan fingerprint density at radius 2 is 2.31 bits per heavy atom. The standard InChI is InChI=1S/C13H18ClNO/c1-4-13(2,9-14)10-15-11-6-5-7-12(8-11)16-3/h4-8,15H,1,9-10H2,2-3H3. The molecule has 1 aromatic carbocycles. The van der Waals surface area contributed by atoms with Crippen molar-refractivity contribution < 1.29 is 4.74 Å². The number of nitrogens with one attached hydrogen (secondary N) is 1. The summed E-state index contributed by atoms with van der Waals surface area (Å²) in [6.45, 7) is 6.63. The van der Waals surface area contributed by atoms with Crippen LogP contribution in [-0.2, 0) is 0 Å². The smallest absolute Gasteiger partial charge is 0.120 e. The molecule has 88 valence electrons. The van der Waals surface area contributed by atoms with E-state index in [-0.39, 0.29) is 5.41 Å². The average Bonchev–Trinajstić information content (AvgIpc) is 2.36. The van der Waals surface area contributed by atoms with Crippen LogP contribution in [0.15, 0.2) is 36.9 Å². The summed E-state index contributed by atoms with van der Waals surface area (Å²) < 4.78 is 5.15. The lowest BCUT2D eigenvalue weighted by molar-refractivity contribution is 0.415. The summed E-state index contributed by atoms with van der Waals surface area (Å²) in [5.74, 6) is 1.39. The zero-order valence-corrected chi connectivity index (χ0v) is 10.6. The minimum atomic E-state index is -0.0926. The number of hydrogen-bond acceptors (Lipinski definition) is 2. The summed E-state index contributed by atoms with van der Waals surface area (Å²) in [7, 11) is 1.66. The molecule has 0 bridgehead atoms. The lowest BCUT2D eigenvalue weighted by Crippen LogP contribution is -2.25. The van der Waals surface area contributed by atoms with Crippen LogP contribution in [0.3, 0.4) is 0 Å². The number of methoxy groups -OCH3 is 1. The number of anilines is 1. The second-order valence-electron chi connectivity index (χ2n) is 4.08. The fourth-order valence-corrected chi connectivity index (χ4v) is 1.41. The molecule has 3 heteroatoms. The van der Waals surface area contributed by atoms with E-state index in [0.717, 1.165) is 18.0 Å². The van der Waals surface area contributed by atoms with E-state index in [9.17, 15) is 0 Å². The summed E-state index contributed by atoms with van der Waals surface area (Å²) in [5, 5.41) is 3.33. The van der Waals surface area contributed by atoms with Gasteiger partial charge in [0.1, 0.15) is 5.75 Å². The van der Waals surface area contributed by atoms with Crippen molar-refractivity contribution in [3.8, 4) is 5.75 Å². The van der Waals surface area contributed by atoms with Crippen molar-refractivity contribution in [2.24, 2.45) is 5.41 Å². The van der Waals surface area contributed by atoms with Gasteiger partial charge in [-0.15, -0.1) is 18.2 Å². The highest BCUT2D eigenvalue weighted by Gasteiger charge is 2.18. The van der Waals surface area contributed by atoms with E-state index in [1.165, 1.54) is 0 Å². The third kappa shape index (κ3) is 3.46. The highest BCUT2D eigenvalue weighted by atomic mass is 35.5. The van der Waals surface area contributed by atoms with Crippen molar-refractivity contribution in [2.45, 2.75) is 6.92 Å². The first kappa shape index (κ1) is 12.9. The Morgan fingerprint density at radius 1 is 1.56 bits per heavy atom. The molecular weight excluding hydrogens is 222 g/mol. The van der Waals surface area contributed by atoms with Gasteiger partial charge in [-0.05, 0) is 12.1 Å². The molecule has 1 aromatic rings. The van der Waals surface area contributed by atoms with Gasteiger partial charge in [-0.1, -0.05) is 19.1 Å². The normalized spacial score (nSPS) is 13.9. The Balaban J connectivity index is 2.63. The van der Waals surface area contributed by atoms with Gasteiger partial charge >= 0.3 is 0 Å². The number of ether oxygens (including phenoxy) is 1. The second-order valence-corrected chi connectivity index (χ2v) is 4.34. The Bertz CT molecular complexity index is 354. The van der Waals surface area contributed by atoms with Crippen LogP contribution in [0.25, 0.3) is 0 Å². The molecular formula is C13H18ClNO. The maximum Gasteiger partial charge on any atom is 0.120 e. The zero-order valence-electron chi connectivity index (χ0n) is 9.79. The van der Waals surface area contributed by atoms with Crippen molar-refractivity contribution in [3.63, 3.8) is 0 Å². The molecule has 0 amide bonds. The topological polar surface area (TPSA) is 21.3 Å². The van der Waals surface area contributed by atoms with Gasteiger partial charge in [0.15, 0.2) is 0 Å². The van der Waals surface area contributed by atoms with Crippen LogP contribution >= 0.6 is 11.6 Å². The predicted octanol–water partition coefficient (Wildman–Crippen LogP) is 3.54. The summed E-state index contributed by atoms with van der Waals surface area (Å²) in [5.41, 5.74) is 0.933. The fourth-order valence-electron chi connectivity index (χ4n) is 1.21. The summed E-state index contributed by atoms with van der Waals surface area (Å²) in [6, 6.07) is 7.82. The Morgan fingerprint density at radius 3 is 2.88 bits per heavy atom. The monoisotopic (exact) mass is 239 g/mol. The Labute approximate surface area is 102 Å². The van der Waals surface area contributed by atoms with Crippen molar-refractivity contribution in [1.29, 1.82) is 0 Å².